The number of benzene rings is 1. The number of alkyl carbamates (subject to hydrolysis) is 1. The van der Waals surface area contributed by atoms with E-state index < -0.39 is 15.4 Å². The highest BCUT2D eigenvalue weighted by molar-refractivity contribution is 7.92. The summed E-state index contributed by atoms with van der Waals surface area (Å²) in [5.41, 5.74) is 2.44. The van der Waals surface area contributed by atoms with Crippen LogP contribution in [0, 0.1) is 6.92 Å². The van der Waals surface area contributed by atoms with E-state index in [-0.39, 0.29) is 29.5 Å². The molecule has 12 heteroatoms. The zero-order valence-corrected chi connectivity index (χ0v) is 26.9. The molecule has 44 heavy (non-hydrogen) atoms. The summed E-state index contributed by atoms with van der Waals surface area (Å²) in [6.45, 7) is 8.30. The van der Waals surface area contributed by atoms with Gasteiger partial charge in [-0.05, 0) is 104 Å². The molecule has 2 aliphatic carbocycles. The highest BCUT2D eigenvalue weighted by Crippen LogP contribution is 2.40. The first kappa shape index (κ1) is 30.6. The van der Waals surface area contributed by atoms with Crippen LogP contribution in [0.15, 0.2) is 35.4 Å². The number of hydrogen-bond acceptors (Lipinski definition) is 8. The van der Waals surface area contributed by atoms with Crippen LogP contribution in [0.1, 0.15) is 102 Å². The molecule has 238 valence electrons. The molecule has 1 amide bonds. The van der Waals surface area contributed by atoms with Crippen LogP contribution in [0.4, 0.5) is 16.3 Å². The molecular weight excluding hydrogens is 580 g/mol. The molecule has 1 aliphatic heterocycles. The summed E-state index contributed by atoms with van der Waals surface area (Å²) in [4.78, 5) is 20.6. The van der Waals surface area contributed by atoms with E-state index in [1.165, 1.54) is 0 Å². The van der Waals surface area contributed by atoms with E-state index in [2.05, 4.69) is 20.6 Å². The van der Waals surface area contributed by atoms with Crippen molar-refractivity contribution in [3.63, 3.8) is 0 Å². The van der Waals surface area contributed by atoms with Gasteiger partial charge in [0.15, 0.2) is 21.9 Å². The number of sulfone groups is 1. The zero-order valence-electron chi connectivity index (χ0n) is 26.1. The molecule has 3 aromatic rings. The van der Waals surface area contributed by atoms with Crippen LogP contribution in [0.3, 0.4) is 0 Å². The first-order valence-corrected chi connectivity index (χ1v) is 17.4. The summed E-state index contributed by atoms with van der Waals surface area (Å²) >= 11 is 0. The Labute approximate surface area is 259 Å². The molecule has 1 saturated heterocycles. The Morgan fingerprint density at radius 1 is 1.07 bits per heavy atom. The van der Waals surface area contributed by atoms with Crippen molar-refractivity contribution in [1.82, 2.24) is 25.1 Å². The number of H-pyrrole nitrogens is 1. The number of anilines is 2. The molecule has 3 aliphatic rings. The van der Waals surface area contributed by atoms with Crippen LogP contribution in [-0.4, -0.2) is 57.8 Å². The van der Waals surface area contributed by atoms with Gasteiger partial charge in [-0.3, -0.25) is 0 Å². The minimum Gasteiger partial charge on any atom is -0.444 e. The highest BCUT2D eigenvalue weighted by Gasteiger charge is 2.39. The second-order valence-corrected chi connectivity index (χ2v) is 15.6. The van der Waals surface area contributed by atoms with Crippen LogP contribution in [0.2, 0.25) is 0 Å². The Bertz CT molecular complexity index is 1590. The van der Waals surface area contributed by atoms with E-state index in [9.17, 15) is 13.2 Å². The maximum absolute atomic E-state index is 13.6. The van der Waals surface area contributed by atoms with E-state index >= 15 is 0 Å². The third kappa shape index (κ3) is 6.96. The number of imidazole rings is 1. The number of aryl methyl sites for hydroxylation is 1. The number of carbonyl (C=O) groups is 1. The predicted octanol–water partition coefficient (Wildman–Crippen LogP) is 6.51. The van der Waals surface area contributed by atoms with Gasteiger partial charge in [0.25, 0.3) is 0 Å². The molecule has 2 saturated carbocycles. The Hall–Kier alpha value is -3.38. The zero-order chi connectivity index (χ0) is 31.1. The number of nitrogens with zero attached hydrogens (tertiary/aromatic N) is 3. The number of ether oxygens (including phenoxy) is 2. The van der Waals surface area contributed by atoms with Crippen molar-refractivity contribution >= 4 is 27.4 Å². The number of amides is 1. The summed E-state index contributed by atoms with van der Waals surface area (Å²) in [5.74, 6) is 1.70. The lowest BCUT2D eigenvalue weighted by Gasteiger charge is -2.29. The number of nitrogens with one attached hydrogen (secondary N) is 3. The molecule has 0 radical (unpaired) electrons. The molecule has 2 aromatic heterocycles. The second-order valence-electron chi connectivity index (χ2n) is 13.4. The average molecular weight is 625 g/mol. The third-order valence-electron chi connectivity index (χ3n) is 8.60. The van der Waals surface area contributed by atoms with Crippen molar-refractivity contribution in [2.24, 2.45) is 0 Å². The smallest absolute Gasteiger partial charge is 0.407 e. The number of aromatic amines is 1. The van der Waals surface area contributed by atoms with Gasteiger partial charge in [-0.15, -0.1) is 0 Å². The van der Waals surface area contributed by atoms with Crippen LogP contribution in [0.5, 0.6) is 0 Å². The van der Waals surface area contributed by atoms with Gasteiger partial charge < -0.3 is 25.1 Å². The van der Waals surface area contributed by atoms with Gasteiger partial charge >= 0.3 is 6.09 Å². The summed E-state index contributed by atoms with van der Waals surface area (Å²) in [6, 6.07) is 7.49. The van der Waals surface area contributed by atoms with Gasteiger partial charge in [0.1, 0.15) is 11.4 Å². The van der Waals surface area contributed by atoms with Crippen LogP contribution >= 0.6 is 0 Å². The Morgan fingerprint density at radius 3 is 2.52 bits per heavy atom. The molecule has 1 unspecified atom stereocenters. The SMILES string of the molecule is Cc1cc(Nc2ccc(-c3cnc(C4CCC(NC(=O)OC(C)(C)C)CC4)[nH]3)c(S(=O)(=O)C3CC3)c2)nn1C1CCCCO1. The molecule has 1 aromatic carbocycles. The molecule has 3 fully saturated rings. The quantitative estimate of drug-likeness (QED) is 0.258. The number of rotatable bonds is 8. The summed E-state index contributed by atoms with van der Waals surface area (Å²) in [5, 5.41) is 10.7. The van der Waals surface area contributed by atoms with Crippen LogP contribution in [-0.2, 0) is 19.3 Å². The van der Waals surface area contributed by atoms with Crippen LogP contribution in [0.25, 0.3) is 11.3 Å². The van der Waals surface area contributed by atoms with Crippen molar-refractivity contribution in [3.8, 4) is 11.3 Å². The molecule has 6 rings (SSSR count). The number of aromatic nitrogens is 4. The van der Waals surface area contributed by atoms with Crippen molar-refractivity contribution in [3.05, 3.63) is 42.0 Å². The van der Waals surface area contributed by atoms with E-state index in [4.69, 9.17) is 14.6 Å². The van der Waals surface area contributed by atoms with Gasteiger partial charge in [0, 0.05) is 41.6 Å². The maximum atomic E-state index is 13.6. The first-order valence-electron chi connectivity index (χ1n) is 15.8. The standard InChI is InChI=1S/C32H44N6O5S/c1-20-17-28(37-38(20)29-7-5-6-16-42-29)34-23-12-15-25(27(18-23)44(40,41)24-13-14-24)26-19-33-30(36-26)21-8-10-22(11-9-21)35-31(39)43-32(2,3)4/h12,15,17-19,21-22,24,29H,5-11,13-14,16H2,1-4H3,(H,33,36)(H,34,37)(H,35,39). The fourth-order valence-corrected chi connectivity index (χ4v) is 8.08. The Kier molecular flexibility index (Phi) is 8.49. The molecular formula is C32H44N6O5S. The van der Waals surface area contributed by atoms with E-state index in [1.54, 1.807) is 12.3 Å². The lowest BCUT2D eigenvalue weighted by molar-refractivity contribution is -0.0404. The molecule has 3 N–H and O–H groups in total. The van der Waals surface area contributed by atoms with Crippen molar-refractivity contribution in [1.29, 1.82) is 0 Å². The van der Waals surface area contributed by atoms with Crippen molar-refractivity contribution in [2.45, 2.75) is 119 Å². The van der Waals surface area contributed by atoms with Crippen LogP contribution < -0.4 is 10.6 Å². The molecule has 11 nitrogen and oxygen atoms in total. The average Bonchev–Trinajstić information content (AvgIpc) is 3.63. The fraction of sp³-hybridized carbons (Fsp3) is 0.594. The van der Waals surface area contributed by atoms with E-state index in [0.717, 1.165) is 63.1 Å². The van der Waals surface area contributed by atoms with E-state index in [1.807, 2.05) is 50.6 Å². The summed E-state index contributed by atoms with van der Waals surface area (Å²) < 4.78 is 40.5. The predicted molar refractivity (Wildman–Crippen MR) is 168 cm³/mol. The van der Waals surface area contributed by atoms with Gasteiger partial charge in [-0.2, -0.15) is 5.10 Å². The van der Waals surface area contributed by atoms with Crippen molar-refractivity contribution < 1.29 is 22.7 Å². The Balaban J connectivity index is 1.18. The Morgan fingerprint density at radius 2 is 1.84 bits per heavy atom. The highest BCUT2D eigenvalue weighted by atomic mass is 32.2. The van der Waals surface area contributed by atoms with Gasteiger partial charge in [0.05, 0.1) is 22.0 Å². The summed E-state index contributed by atoms with van der Waals surface area (Å²) in [6.07, 6.45) is 9.12. The largest absolute Gasteiger partial charge is 0.444 e. The van der Waals surface area contributed by atoms with Gasteiger partial charge in [-0.25, -0.2) is 22.9 Å². The molecule has 0 spiro atoms. The minimum absolute atomic E-state index is 0.0660. The number of hydrogen-bond donors (Lipinski definition) is 3. The van der Waals surface area contributed by atoms with Crippen molar-refractivity contribution in [2.75, 3.05) is 11.9 Å². The molecule has 1 atom stereocenters. The topological polar surface area (TPSA) is 140 Å². The third-order valence-corrected chi connectivity index (χ3v) is 10.9. The van der Waals surface area contributed by atoms with Gasteiger partial charge in [-0.1, -0.05) is 0 Å². The second kappa shape index (κ2) is 12.2. The number of carbonyl (C=O) groups excluding carboxylic acids is 1. The minimum atomic E-state index is -3.51. The first-order chi connectivity index (χ1) is 21.0. The molecule has 3 heterocycles. The molecule has 0 bridgehead atoms. The maximum Gasteiger partial charge on any atom is 0.407 e. The monoisotopic (exact) mass is 624 g/mol. The van der Waals surface area contributed by atoms with Gasteiger partial charge in [0.2, 0.25) is 0 Å². The normalized spacial score (nSPS) is 22.9. The lowest BCUT2D eigenvalue weighted by atomic mass is 9.85. The fourth-order valence-electron chi connectivity index (χ4n) is 6.19. The van der Waals surface area contributed by atoms with E-state index in [0.29, 0.717) is 40.5 Å². The summed E-state index contributed by atoms with van der Waals surface area (Å²) in [7, 11) is -3.51. The lowest BCUT2D eigenvalue weighted by Crippen LogP contribution is -2.40.